The van der Waals surface area contributed by atoms with Crippen LogP contribution in [0.15, 0.2) is 42.7 Å². The van der Waals surface area contributed by atoms with Gasteiger partial charge in [-0.1, -0.05) is 0 Å². The second-order valence-corrected chi connectivity index (χ2v) is 7.52. The van der Waals surface area contributed by atoms with Crippen LogP contribution < -0.4 is 14.2 Å². The highest BCUT2D eigenvalue weighted by atomic mass is 16.5. The molecule has 0 radical (unpaired) electrons. The third kappa shape index (κ3) is 4.16. The number of benzene rings is 1. The van der Waals surface area contributed by atoms with Gasteiger partial charge in [0.1, 0.15) is 11.9 Å². The van der Waals surface area contributed by atoms with E-state index in [1.807, 2.05) is 44.2 Å². The summed E-state index contributed by atoms with van der Waals surface area (Å²) >= 11 is 0. The molecule has 2 bridgehead atoms. The summed E-state index contributed by atoms with van der Waals surface area (Å²) < 4.78 is 17.4. The highest BCUT2D eigenvalue weighted by Gasteiger charge is 2.44. The van der Waals surface area contributed by atoms with Gasteiger partial charge in [-0.3, -0.25) is 9.78 Å². The van der Waals surface area contributed by atoms with Gasteiger partial charge in [0.25, 0.3) is 5.91 Å². The molecule has 2 aliphatic heterocycles. The minimum absolute atomic E-state index is 0.0707. The molecule has 2 aliphatic rings. The molecule has 2 saturated heterocycles. The van der Waals surface area contributed by atoms with Crippen molar-refractivity contribution in [1.82, 2.24) is 9.88 Å². The number of fused-ring (bicyclic) bond motifs is 2. The lowest BCUT2D eigenvalue weighted by Gasteiger charge is -2.39. The van der Waals surface area contributed by atoms with E-state index in [2.05, 4.69) is 9.88 Å². The molecule has 1 aromatic carbocycles. The molecule has 6 heteroatoms. The van der Waals surface area contributed by atoms with Crippen LogP contribution in [0.1, 0.15) is 49.9 Å². The zero-order valence-corrected chi connectivity index (χ0v) is 17.0. The van der Waals surface area contributed by atoms with Crippen LogP contribution >= 0.6 is 0 Å². The Morgan fingerprint density at radius 1 is 1.07 bits per heavy atom. The fourth-order valence-corrected chi connectivity index (χ4v) is 4.50. The molecule has 29 heavy (non-hydrogen) atoms. The Labute approximate surface area is 171 Å². The smallest absolute Gasteiger partial charge is 0.254 e. The maximum absolute atomic E-state index is 13.3. The zero-order valence-electron chi connectivity index (χ0n) is 17.0. The van der Waals surface area contributed by atoms with Crippen molar-refractivity contribution in [3.8, 4) is 17.2 Å². The third-order valence-electron chi connectivity index (χ3n) is 5.65. The standard InChI is InChI=1S/C23H28N2O4/c1-3-27-21-10-7-16(12-22(21)28-4-2)23(26)25-17-8-9-18(25)14-20(13-17)29-19-6-5-11-24-15-19/h5-7,10-12,15,17-18,20H,3-4,8-9,13-14H2,1-2H3. The molecule has 0 spiro atoms. The van der Waals surface area contributed by atoms with Gasteiger partial charge in [0.05, 0.1) is 19.4 Å². The number of hydrogen-bond acceptors (Lipinski definition) is 5. The van der Waals surface area contributed by atoms with Gasteiger partial charge in [0.2, 0.25) is 0 Å². The maximum atomic E-state index is 13.3. The van der Waals surface area contributed by atoms with Gasteiger partial charge in [-0.15, -0.1) is 0 Å². The van der Waals surface area contributed by atoms with E-state index in [9.17, 15) is 4.79 Å². The van der Waals surface area contributed by atoms with Crippen LogP contribution in [0, 0.1) is 0 Å². The number of piperidine rings is 1. The van der Waals surface area contributed by atoms with Crippen LogP contribution in [-0.4, -0.2) is 47.2 Å². The van der Waals surface area contributed by atoms with Crippen LogP contribution in [0.2, 0.25) is 0 Å². The molecule has 3 heterocycles. The molecule has 2 fully saturated rings. The number of pyridine rings is 1. The van der Waals surface area contributed by atoms with Crippen molar-refractivity contribution in [2.24, 2.45) is 0 Å². The Morgan fingerprint density at radius 3 is 2.45 bits per heavy atom. The van der Waals surface area contributed by atoms with Crippen molar-refractivity contribution in [3.63, 3.8) is 0 Å². The molecule has 0 N–H and O–H groups in total. The monoisotopic (exact) mass is 396 g/mol. The quantitative estimate of drug-likeness (QED) is 0.705. The molecule has 154 valence electrons. The van der Waals surface area contributed by atoms with E-state index in [-0.39, 0.29) is 24.1 Å². The lowest BCUT2D eigenvalue weighted by Crippen LogP contribution is -2.49. The van der Waals surface area contributed by atoms with Crippen LogP contribution in [0.5, 0.6) is 17.2 Å². The van der Waals surface area contributed by atoms with Gasteiger partial charge in [-0.05, 0) is 57.0 Å². The summed E-state index contributed by atoms with van der Waals surface area (Å²) in [5.74, 6) is 2.17. The first kappa shape index (κ1) is 19.6. The van der Waals surface area contributed by atoms with Crippen molar-refractivity contribution in [1.29, 1.82) is 0 Å². The fraction of sp³-hybridized carbons (Fsp3) is 0.478. The molecule has 2 atom stereocenters. The van der Waals surface area contributed by atoms with Crippen molar-refractivity contribution in [2.75, 3.05) is 13.2 Å². The van der Waals surface area contributed by atoms with E-state index in [1.54, 1.807) is 12.4 Å². The molecule has 0 saturated carbocycles. The average Bonchev–Trinajstić information content (AvgIpc) is 3.00. The minimum Gasteiger partial charge on any atom is -0.490 e. The second-order valence-electron chi connectivity index (χ2n) is 7.52. The highest BCUT2D eigenvalue weighted by Crippen LogP contribution is 2.39. The molecule has 6 nitrogen and oxygen atoms in total. The lowest BCUT2D eigenvalue weighted by atomic mass is 9.98. The van der Waals surface area contributed by atoms with Gasteiger partial charge in [-0.2, -0.15) is 0 Å². The predicted molar refractivity (Wildman–Crippen MR) is 110 cm³/mol. The number of amides is 1. The van der Waals surface area contributed by atoms with Gasteiger partial charge < -0.3 is 19.1 Å². The number of hydrogen-bond donors (Lipinski definition) is 0. The van der Waals surface area contributed by atoms with Gasteiger partial charge >= 0.3 is 0 Å². The fourth-order valence-electron chi connectivity index (χ4n) is 4.50. The molecule has 2 aromatic rings. The van der Waals surface area contributed by atoms with Crippen molar-refractivity contribution in [2.45, 2.75) is 57.7 Å². The average molecular weight is 396 g/mol. The molecule has 1 aromatic heterocycles. The van der Waals surface area contributed by atoms with Crippen molar-refractivity contribution >= 4 is 5.91 Å². The molecule has 1 amide bonds. The Balaban J connectivity index is 1.48. The predicted octanol–water partition coefficient (Wildman–Crippen LogP) is 4.09. The van der Waals surface area contributed by atoms with Crippen LogP contribution in [0.4, 0.5) is 0 Å². The molecule has 2 unspecified atom stereocenters. The Morgan fingerprint density at radius 2 is 1.79 bits per heavy atom. The van der Waals surface area contributed by atoms with Gasteiger partial charge in [0, 0.05) is 36.7 Å². The number of carbonyl (C=O) groups excluding carboxylic acids is 1. The number of aromatic nitrogens is 1. The van der Waals surface area contributed by atoms with Crippen LogP contribution in [0.3, 0.4) is 0 Å². The molecular weight excluding hydrogens is 368 g/mol. The molecule has 0 aliphatic carbocycles. The maximum Gasteiger partial charge on any atom is 0.254 e. The lowest BCUT2D eigenvalue weighted by molar-refractivity contribution is 0.0357. The zero-order chi connectivity index (χ0) is 20.2. The number of nitrogens with zero attached hydrogens (tertiary/aromatic N) is 2. The van der Waals surface area contributed by atoms with Crippen LogP contribution in [-0.2, 0) is 0 Å². The third-order valence-corrected chi connectivity index (χ3v) is 5.65. The summed E-state index contributed by atoms with van der Waals surface area (Å²) in [6.45, 7) is 4.95. The summed E-state index contributed by atoms with van der Waals surface area (Å²) in [5.41, 5.74) is 0.653. The first-order valence-corrected chi connectivity index (χ1v) is 10.5. The summed E-state index contributed by atoms with van der Waals surface area (Å²) in [4.78, 5) is 19.5. The number of rotatable bonds is 7. The normalized spacial score (nSPS) is 23.0. The number of carbonyl (C=O) groups is 1. The largest absolute Gasteiger partial charge is 0.490 e. The van der Waals surface area contributed by atoms with E-state index in [0.717, 1.165) is 31.4 Å². The second kappa shape index (κ2) is 8.72. The van der Waals surface area contributed by atoms with Gasteiger partial charge in [0.15, 0.2) is 11.5 Å². The summed E-state index contributed by atoms with van der Waals surface area (Å²) in [6.07, 6.45) is 7.37. The SMILES string of the molecule is CCOc1ccc(C(=O)N2C3CCC2CC(Oc2cccnc2)C3)cc1OCC. The van der Waals surface area contributed by atoms with Gasteiger partial charge in [-0.25, -0.2) is 0 Å². The van der Waals surface area contributed by atoms with Crippen molar-refractivity contribution < 1.29 is 19.0 Å². The minimum atomic E-state index is 0.0707. The summed E-state index contributed by atoms with van der Waals surface area (Å²) in [6, 6.07) is 9.73. The Kier molecular flexibility index (Phi) is 5.88. The number of ether oxygens (including phenoxy) is 3. The molecule has 4 rings (SSSR count). The van der Waals surface area contributed by atoms with E-state index >= 15 is 0 Å². The highest BCUT2D eigenvalue weighted by molar-refractivity contribution is 5.95. The van der Waals surface area contributed by atoms with E-state index in [0.29, 0.717) is 30.3 Å². The summed E-state index contributed by atoms with van der Waals surface area (Å²) in [7, 11) is 0. The van der Waals surface area contributed by atoms with E-state index in [1.165, 1.54) is 0 Å². The first-order chi connectivity index (χ1) is 14.2. The van der Waals surface area contributed by atoms with E-state index < -0.39 is 0 Å². The first-order valence-electron chi connectivity index (χ1n) is 10.5. The Hall–Kier alpha value is -2.76. The van der Waals surface area contributed by atoms with Crippen LogP contribution in [0.25, 0.3) is 0 Å². The summed E-state index contributed by atoms with van der Waals surface area (Å²) in [5, 5.41) is 0. The van der Waals surface area contributed by atoms with Crippen molar-refractivity contribution in [3.05, 3.63) is 48.3 Å². The van der Waals surface area contributed by atoms with E-state index in [4.69, 9.17) is 14.2 Å². The topological polar surface area (TPSA) is 60.9 Å². The Bertz CT molecular complexity index is 828. The molecular formula is C23H28N2O4.